The molecule has 0 radical (unpaired) electrons. The minimum Gasteiger partial charge on any atom is -0.388 e. The average Bonchev–Trinajstić information content (AvgIpc) is 2.29. The number of anilines is 1. The third-order valence-corrected chi connectivity index (χ3v) is 2.35. The molecule has 4 N–H and O–H groups in total. The maximum Gasteiger partial charge on any atom is 0.242 e. The Balaban J connectivity index is 2.81. The summed E-state index contributed by atoms with van der Waals surface area (Å²) in [5.41, 5.74) is 6.72. The van der Waals surface area contributed by atoms with Gasteiger partial charge in [-0.3, -0.25) is 9.78 Å². The summed E-state index contributed by atoms with van der Waals surface area (Å²) in [5, 5.41) is 5.76. The molecular weight excluding hydrogens is 236 g/mol. The highest BCUT2D eigenvalue weighted by Crippen LogP contribution is 2.13. The molecule has 0 aliphatic heterocycles. The second-order valence-corrected chi connectivity index (χ2v) is 3.96. The maximum absolute atomic E-state index is 11.6. The molecule has 0 saturated heterocycles. The van der Waals surface area contributed by atoms with Gasteiger partial charge in [-0.2, -0.15) is 0 Å². The van der Waals surface area contributed by atoms with Crippen LogP contribution >= 0.6 is 12.2 Å². The molecule has 1 atom stereocenters. The van der Waals surface area contributed by atoms with E-state index in [1.165, 1.54) is 0 Å². The zero-order valence-corrected chi connectivity index (χ0v) is 10.7. The number of rotatable bonds is 5. The van der Waals surface area contributed by atoms with Crippen LogP contribution in [0.15, 0.2) is 18.3 Å². The number of nitrogens with zero attached hydrogens (tertiary/aromatic N) is 1. The fourth-order valence-electron chi connectivity index (χ4n) is 1.34. The summed E-state index contributed by atoms with van der Waals surface area (Å²) >= 11 is 4.89. The fourth-order valence-corrected chi connectivity index (χ4v) is 1.51. The smallest absolute Gasteiger partial charge is 0.242 e. The Morgan fingerprint density at radius 2 is 2.35 bits per heavy atom. The van der Waals surface area contributed by atoms with Crippen molar-refractivity contribution in [1.82, 2.24) is 10.3 Å². The molecule has 0 aliphatic carbocycles. The number of nitrogens with one attached hydrogen (secondary N) is 2. The van der Waals surface area contributed by atoms with Crippen LogP contribution in [0.1, 0.15) is 19.5 Å². The van der Waals surface area contributed by atoms with E-state index in [9.17, 15) is 4.79 Å². The van der Waals surface area contributed by atoms with Crippen LogP contribution in [-0.2, 0) is 4.79 Å². The average molecular weight is 252 g/mol. The number of thiocarbonyl (C=S) groups is 1. The van der Waals surface area contributed by atoms with Gasteiger partial charge in [-0.05, 0) is 26.0 Å². The standard InChI is InChI=1S/C11H16N4OS/c1-3-13-11(16)7(2)15-8-5-4-6-14-9(8)10(12)17/h4-7,15H,3H2,1-2H3,(H2,12,17)(H,13,16). The van der Waals surface area contributed by atoms with Crippen LogP contribution in [0.2, 0.25) is 0 Å². The second kappa shape index (κ2) is 6.15. The molecule has 0 saturated carbocycles. The van der Waals surface area contributed by atoms with E-state index in [0.717, 1.165) is 0 Å². The first-order valence-electron chi connectivity index (χ1n) is 5.35. The molecule has 17 heavy (non-hydrogen) atoms. The van der Waals surface area contributed by atoms with Crippen LogP contribution in [-0.4, -0.2) is 28.5 Å². The molecule has 92 valence electrons. The number of aromatic nitrogens is 1. The molecule has 1 aromatic heterocycles. The van der Waals surface area contributed by atoms with Gasteiger partial charge in [0.05, 0.1) is 5.69 Å². The summed E-state index contributed by atoms with van der Waals surface area (Å²) in [6.45, 7) is 4.23. The molecule has 1 heterocycles. The normalized spacial score (nSPS) is 11.6. The number of nitrogens with two attached hydrogens (primary N) is 1. The van der Waals surface area contributed by atoms with E-state index in [0.29, 0.717) is 17.9 Å². The first-order valence-corrected chi connectivity index (χ1v) is 5.76. The van der Waals surface area contributed by atoms with Crippen molar-refractivity contribution in [3.05, 3.63) is 24.0 Å². The van der Waals surface area contributed by atoms with Crippen molar-refractivity contribution in [3.8, 4) is 0 Å². The Labute approximate surface area is 106 Å². The lowest BCUT2D eigenvalue weighted by molar-refractivity contribution is -0.121. The van der Waals surface area contributed by atoms with Gasteiger partial charge in [-0.15, -0.1) is 0 Å². The highest BCUT2D eigenvalue weighted by molar-refractivity contribution is 7.80. The van der Waals surface area contributed by atoms with Gasteiger partial charge < -0.3 is 16.4 Å². The van der Waals surface area contributed by atoms with Crippen LogP contribution in [0.3, 0.4) is 0 Å². The largest absolute Gasteiger partial charge is 0.388 e. The molecule has 6 heteroatoms. The van der Waals surface area contributed by atoms with Crippen LogP contribution in [0.4, 0.5) is 5.69 Å². The van der Waals surface area contributed by atoms with E-state index in [1.54, 1.807) is 25.3 Å². The number of pyridine rings is 1. The molecule has 1 amide bonds. The lowest BCUT2D eigenvalue weighted by atomic mass is 10.2. The summed E-state index contributed by atoms with van der Waals surface area (Å²) in [6, 6.07) is 3.18. The number of likely N-dealkylation sites (N-methyl/N-ethyl adjacent to an activating group) is 1. The van der Waals surface area contributed by atoms with E-state index in [2.05, 4.69) is 15.6 Å². The van der Waals surface area contributed by atoms with Gasteiger partial charge in [0.15, 0.2) is 0 Å². The number of hydrogen-bond donors (Lipinski definition) is 3. The van der Waals surface area contributed by atoms with Crippen molar-refractivity contribution in [2.45, 2.75) is 19.9 Å². The zero-order chi connectivity index (χ0) is 12.8. The van der Waals surface area contributed by atoms with Crippen molar-refractivity contribution < 1.29 is 4.79 Å². The van der Waals surface area contributed by atoms with Gasteiger partial charge in [0, 0.05) is 12.7 Å². The van der Waals surface area contributed by atoms with Crippen LogP contribution in [0.5, 0.6) is 0 Å². The van der Waals surface area contributed by atoms with Gasteiger partial charge in [-0.25, -0.2) is 0 Å². The molecular formula is C11H16N4OS. The predicted molar refractivity (Wildman–Crippen MR) is 71.9 cm³/mol. The lowest BCUT2D eigenvalue weighted by Crippen LogP contribution is -2.37. The predicted octanol–water partition coefficient (Wildman–Crippen LogP) is 0.652. The highest BCUT2D eigenvalue weighted by atomic mass is 32.1. The number of amides is 1. The second-order valence-electron chi connectivity index (χ2n) is 3.52. The molecule has 1 aromatic rings. The van der Waals surface area contributed by atoms with E-state index >= 15 is 0 Å². The maximum atomic E-state index is 11.6. The quantitative estimate of drug-likeness (QED) is 0.671. The van der Waals surface area contributed by atoms with Gasteiger partial charge in [0.1, 0.15) is 16.7 Å². The van der Waals surface area contributed by atoms with E-state index in [1.807, 2.05) is 6.92 Å². The Kier molecular flexibility index (Phi) is 4.84. The minimum absolute atomic E-state index is 0.0785. The highest BCUT2D eigenvalue weighted by Gasteiger charge is 2.14. The molecule has 0 fully saturated rings. The van der Waals surface area contributed by atoms with Crippen LogP contribution in [0.25, 0.3) is 0 Å². The molecule has 0 aliphatic rings. The van der Waals surface area contributed by atoms with Crippen LogP contribution in [0, 0.1) is 0 Å². The Bertz CT molecular complexity index is 422. The molecule has 1 unspecified atom stereocenters. The number of hydrogen-bond acceptors (Lipinski definition) is 4. The van der Waals surface area contributed by atoms with Gasteiger partial charge >= 0.3 is 0 Å². The Hall–Kier alpha value is -1.69. The third-order valence-electron chi connectivity index (χ3n) is 2.16. The summed E-state index contributed by atoms with van der Waals surface area (Å²) in [5.74, 6) is -0.0785. The lowest BCUT2D eigenvalue weighted by Gasteiger charge is -2.16. The number of carbonyl (C=O) groups is 1. The molecule has 0 spiro atoms. The molecule has 5 nitrogen and oxygen atoms in total. The SMILES string of the molecule is CCNC(=O)C(C)Nc1cccnc1C(N)=S. The summed E-state index contributed by atoms with van der Waals surface area (Å²) < 4.78 is 0. The van der Waals surface area contributed by atoms with E-state index in [4.69, 9.17) is 18.0 Å². The van der Waals surface area contributed by atoms with E-state index < -0.39 is 0 Å². The first-order chi connectivity index (χ1) is 8.06. The number of carbonyl (C=O) groups excluding carboxylic acids is 1. The van der Waals surface area contributed by atoms with Crippen molar-refractivity contribution in [2.24, 2.45) is 5.73 Å². The summed E-state index contributed by atoms with van der Waals surface area (Å²) in [7, 11) is 0. The fraction of sp³-hybridized carbons (Fsp3) is 0.364. The van der Waals surface area contributed by atoms with Crippen molar-refractivity contribution >= 4 is 28.8 Å². The molecule has 0 aromatic carbocycles. The summed E-state index contributed by atoms with van der Waals surface area (Å²) in [6.07, 6.45) is 1.61. The van der Waals surface area contributed by atoms with Gasteiger partial charge in [0.25, 0.3) is 0 Å². The van der Waals surface area contributed by atoms with E-state index in [-0.39, 0.29) is 16.9 Å². The molecule has 1 rings (SSSR count). The monoisotopic (exact) mass is 252 g/mol. The third kappa shape index (κ3) is 3.67. The summed E-state index contributed by atoms with van der Waals surface area (Å²) in [4.78, 5) is 15.9. The van der Waals surface area contributed by atoms with Crippen molar-refractivity contribution in [2.75, 3.05) is 11.9 Å². The van der Waals surface area contributed by atoms with Gasteiger partial charge in [-0.1, -0.05) is 12.2 Å². The van der Waals surface area contributed by atoms with Crippen molar-refractivity contribution in [3.63, 3.8) is 0 Å². The van der Waals surface area contributed by atoms with Crippen molar-refractivity contribution in [1.29, 1.82) is 0 Å². The minimum atomic E-state index is -0.368. The van der Waals surface area contributed by atoms with Crippen LogP contribution < -0.4 is 16.4 Å². The Morgan fingerprint density at radius 1 is 1.65 bits per heavy atom. The molecule has 0 bridgehead atoms. The zero-order valence-electron chi connectivity index (χ0n) is 9.86. The topological polar surface area (TPSA) is 80.0 Å². The van der Waals surface area contributed by atoms with Gasteiger partial charge in [0.2, 0.25) is 5.91 Å². The first kappa shape index (κ1) is 13.4. The Morgan fingerprint density at radius 3 is 2.94 bits per heavy atom.